The summed E-state index contributed by atoms with van der Waals surface area (Å²) < 4.78 is 5.92. The molecule has 25 heavy (non-hydrogen) atoms. The van der Waals surface area contributed by atoms with E-state index in [4.69, 9.17) is 10.5 Å². The molecule has 6 heteroatoms. The number of amides is 1. The minimum absolute atomic E-state index is 0.0662. The van der Waals surface area contributed by atoms with Gasteiger partial charge in [-0.25, -0.2) is 9.97 Å². The number of benzene rings is 1. The largest absolute Gasteiger partial charge is 0.493 e. The number of rotatable bonds is 9. The molecule has 1 heterocycles. The minimum atomic E-state index is -0.268. The van der Waals surface area contributed by atoms with Crippen LogP contribution < -0.4 is 15.8 Å². The van der Waals surface area contributed by atoms with Crippen LogP contribution in [0.2, 0.25) is 0 Å². The third-order valence-electron chi connectivity index (χ3n) is 3.73. The molecule has 2 rings (SSSR count). The lowest BCUT2D eigenvalue weighted by atomic mass is 10.1. The fourth-order valence-corrected chi connectivity index (χ4v) is 2.49. The first kappa shape index (κ1) is 18.7. The summed E-state index contributed by atoms with van der Waals surface area (Å²) in [6.07, 6.45) is 4.57. The zero-order valence-corrected chi connectivity index (χ0v) is 14.9. The van der Waals surface area contributed by atoms with Crippen molar-refractivity contribution in [2.24, 2.45) is 0 Å². The molecule has 0 bridgehead atoms. The number of carbonyl (C=O) groups is 1. The van der Waals surface area contributed by atoms with Crippen LogP contribution in [-0.2, 0) is 0 Å². The second kappa shape index (κ2) is 9.61. The third-order valence-corrected chi connectivity index (χ3v) is 3.73. The van der Waals surface area contributed by atoms with Crippen LogP contribution in [0, 0.1) is 0 Å². The number of carbonyl (C=O) groups excluding carboxylic acids is 1. The van der Waals surface area contributed by atoms with Gasteiger partial charge in [0, 0.05) is 12.1 Å². The Morgan fingerprint density at radius 1 is 1.16 bits per heavy atom. The number of anilines is 1. The van der Waals surface area contributed by atoms with Gasteiger partial charge < -0.3 is 15.8 Å². The Kier molecular flexibility index (Phi) is 7.19. The molecule has 2 aromatic rings. The van der Waals surface area contributed by atoms with E-state index in [1.807, 2.05) is 31.2 Å². The highest BCUT2D eigenvalue weighted by molar-refractivity contribution is 5.93. The van der Waals surface area contributed by atoms with Gasteiger partial charge in [0.1, 0.15) is 11.4 Å². The van der Waals surface area contributed by atoms with Crippen molar-refractivity contribution in [2.45, 2.75) is 39.5 Å². The van der Waals surface area contributed by atoms with Crippen molar-refractivity contribution in [2.75, 3.05) is 18.9 Å². The number of nitrogens with one attached hydrogen (secondary N) is 1. The van der Waals surface area contributed by atoms with Crippen molar-refractivity contribution in [3.05, 3.63) is 36.0 Å². The highest BCUT2D eigenvalue weighted by Gasteiger charge is 2.14. The molecule has 0 radical (unpaired) electrons. The van der Waals surface area contributed by atoms with E-state index in [2.05, 4.69) is 22.2 Å². The summed E-state index contributed by atoms with van der Waals surface area (Å²) in [6, 6.07) is 9.27. The smallest absolute Gasteiger partial charge is 0.270 e. The van der Waals surface area contributed by atoms with Gasteiger partial charge in [0.05, 0.1) is 12.3 Å². The SMILES string of the molecule is CCCCCCOc1ccccc1-c1cc(C(=O)NCC)nc(N)n1. The molecule has 0 aliphatic carbocycles. The van der Waals surface area contributed by atoms with Crippen molar-refractivity contribution < 1.29 is 9.53 Å². The van der Waals surface area contributed by atoms with Gasteiger partial charge >= 0.3 is 0 Å². The first-order valence-corrected chi connectivity index (χ1v) is 8.80. The second-order valence-electron chi connectivity index (χ2n) is 5.76. The normalized spacial score (nSPS) is 10.5. The predicted molar refractivity (Wildman–Crippen MR) is 99.5 cm³/mol. The van der Waals surface area contributed by atoms with Gasteiger partial charge in [-0.3, -0.25) is 4.79 Å². The summed E-state index contributed by atoms with van der Waals surface area (Å²) in [5, 5.41) is 2.72. The molecule has 134 valence electrons. The van der Waals surface area contributed by atoms with E-state index < -0.39 is 0 Å². The number of nitrogens with two attached hydrogens (primary N) is 1. The Bertz CT molecular complexity index is 704. The molecular weight excluding hydrogens is 316 g/mol. The molecule has 0 fully saturated rings. The summed E-state index contributed by atoms with van der Waals surface area (Å²) >= 11 is 0. The predicted octanol–water partition coefficient (Wildman–Crippen LogP) is 3.43. The summed E-state index contributed by atoms with van der Waals surface area (Å²) in [5.74, 6) is 0.534. The number of aromatic nitrogens is 2. The Hall–Kier alpha value is -2.63. The van der Waals surface area contributed by atoms with Gasteiger partial charge in [-0.15, -0.1) is 0 Å². The lowest BCUT2D eigenvalue weighted by Crippen LogP contribution is -2.24. The van der Waals surface area contributed by atoms with Gasteiger partial charge in [0.25, 0.3) is 5.91 Å². The van der Waals surface area contributed by atoms with Crippen LogP contribution in [0.1, 0.15) is 50.0 Å². The molecule has 0 saturated carbocycles. The number of hydrogen-bond donors (Lipinski definition) is 2. The second-order valence-corrected chi connectivity index (χ2v) is 5.76. The number of hydrogen-bond acceptors (Lipinski definition) is 5. The maximum atomic E-state index is 12.0. The van der Waals surface area contributed by atoms with E-state index in [1.54, 1.807) is 6.07 Å². The van der Waals surface area contributed by atoms with Gasteiger partial charge in [-0.05, 0) is 31.5 Å². The topological polar surface area (TPSA) is 90.1 Å². The Labute approximate surface area is 148 Å². The molecule has 1 aromatic carbocycles. The van der Waals surface area contributed by atoms with Crippen LogP contribution in [-0.4, -0.2) is 29.0 Å². The lowest BCUT2D eigenvalue weighted by molar-refractivity contribution is 0.0951. The number of nitrogen functional groups attached to an aromatic ring is 1. The van der Waals surface area contributed by atoms with E-state index in [-0.39, 0.29) is 17.5 Å². The van der Waals surface area contributed by atoms with Crippen molar-refractivity contribution in [1.29, 1.82) is 0 Å². The minimum Gasteiger partial charge on any atom is -0.493 e. The molecule has 0 saturated heterocycles. The standard InChI is InChI=1S/C19H26N4O2/c1-3-5-6-9-12-25-17-11-8-7-10-14(17)15-13-16(18(24)21-4-2)23-19(20)22-15/h7-8,10-11,13H,3-6,9,12H2,1-2H3,(H,21,24)(H2,20,22,23). The molecule has 0 atom stereocenters. The van der Waals surface area contributed by atoms with E-state index >= 15 is 0 Å². The average Bonchev–Trinajstić information content (AvgIpc) is 2.61. The Morgan fingerprint density at radius 2 is 1.96 bits per heavy atom. The first-order valence-electron chi connectivity index (χ1n) is 8.80. The average molecular weight is 342 g/mol. The first-order chi connectivity index (χ1) is 12.2. The van der Waals surface area contributed by atoms with Crippen molar-refractivity contribution in [3.63, 3.8) is 0 Å². The summed E-state index contributed by atoms with van der Waals surface area (Å²) in [7, 11) is 0. The zero-order valence-electron chi connectivity index (χ0n) is 14.9. The van der Waals surface area contributed by atoms with Gasteiger partial charge in [0.2, 0.25) is 5.95 Å². The summed E-state index contributed by atoms with van der Waals surface area (Å²) in [6.45, 7) is 5.21. The monoisotopic (exact) mass is 342 g/mol. The fourth-order valence-electron chi connectivity index (χ4n) is 2.49. The van der Waals surface area contributed by atoms with Crippen LogP contribution in [0.15, 0.2) is 30.3 Å². The molecular formula is C19H26N4O2. The van der Waals surface area contributed by atoms with Crippen LogP contribution in [0.3, 0.4) is 0 Å². The molecule has 3 N–H and O–H groups in total. The van der Waals surface area contributed by atoms with Crippen LogP contribution >= 0.6 is 0 Å². The third kappa shape index (κ3) is 5.45. The maximum absolute atomic E-state index is 12.0. The van der Waals surface area contributed by atoms with Crippen LogP contribution in [0.4, 0.5) is 5.95 Å². The van der Waals surface area contributed by atoms with E-state index in [0.717, 1.165) is 24.2 Å². The maximum Gasteiger partial charge on any atom is 0.270 e. The molecule has 1 aromatic heterocycles. The van der Waals surface area contributed by atoms with Crippen molar-refractivity contribution >= 4 is 11.9 Å². The Balaban J connectivity index is 2.22. The highest BCUT2D eigenvalue weighted by Crippen LogP contribution is 2.29. The fraction of sp³-hybridized carbons (Fsp3) is 0.421. The number of nitrogens with zero attached hydrogens (tertiary/aromatic N) is 2. The van der Waals surface area contributed by atoms with Crippen molar-refractivity contribution in [1.82, 2.24) is 15.3 Å². The van der Waals surface area contributed by atoms with Crippen LogP contribution in [0.5, 0.6) is 5.75 Å². The highest BCUT2D eigenvalue weighted by atomic mass is 16.5. The summed E-state index contributed by atoms with van der Waals surface area (Å²) in [4.78, 5) is 20.3. The molecule has 0 aliphatic heterocycles. The number of unbranched alkanes of at least 4 members (excludes halogenated alkanes) is 3. The molecule has 1 amide bonds. The van der Waals surface area contributed by atoms with Crippen LogP contribution in [0.25, 0.3) is 11.3 Å². The quantitative estimate of drug-likeness (QED) is 0.681. The van der Waals surface area contributed by atoms with E-state index in [0.29, 0.717) is 18.8 Å². The van der Waals surface area contributed by atoms with Gasteiger partial charge in [-0.1, -0.05) is 38.3 Å². The Morgan fingerprint density at radius 3 is 2.72 bits per heavy atom. The zero-order chi connectivity index (χ0) is 18.1. The lowest BCUT2D eigenvalue weighted by Gasteiger charge is -2.12. The number of para-hydroxylation sites is 1. The summed E-state index contributed by atoms with van der Waals surface area (Å²) in [5.41, 5.74) is 7.43. The van der Waals surface area contributed by atoms with Gasteiger partial charge in [0.15, 0.2) is 0 Å². The van der Waals surface area contributed by atoms with E-state index in [1.165, 1.54) is 12.8 Å². The van der Waals surface area contributed by atoms with E-state index in [9.17, 15) is 4.79 Å². The molecule has 0 aliphatic rings. The number of ether oxygens (including phenoxy) is 1. The van der Waals surface area contributed by atoms with Crippen molar-refractivity contribution in [3.8, 4) is 17.0 Å². The van der Waals surface area contributed by atoms with Gasteiger partial charge in [-0.2, -0.15) is 0 Å². The molecule has 0 unspecified atom stereocenters. The molecule has 6 nitrogen and oxygen atoms in total. The molecule has 0 spiro atoms.